The van der Waals surface area contributed by atoms with Gasteiger partial charge in [-0.3, -0.25) is 5.84 Å². The molecule has 1 rings (SSSR count). The van der Waals surface area contributed by atoms with Crippen molar-refractivity contribution in [2.45, 2.75) is 5.50 Å². The molecule has 1 heterocycles. The number of hydrogen-bond donors (Lipinski definition) is 4. The smallest absolute Gasteiger partial charge is 0.195 e. The molecule has 1 aliphatic rings. The maximum Gasteiger partial charge on any atom is 0.195 e. The third-order valence-electron chi connectivity index (χ3n) is 1.36. The molecule has 11 heavy (non-hydrogen) atoms. The molecular formula is C5H11N3O2S. The minimum atomic E-state index is -0.165. The first-order chi connectivity index (χ1) is 5.29. The number of thioether (sulfide) groups is 1. The number of hydrazine groups is 1. The SMILES string of the molecule is NNC1SC=C(O)N1CCO. The minimum Gasteiger partial charge on any atom is -0.494 e. The van der Waals surface area contributed by atoms with E-state index in [4.69, 9.17) is 10.9 Å². The molecule has 0 fully saturated rings. The Bertz CT molecular complexity index is 164. The third-order valence-corrected chi connectivity index (χ3v) is 2.36. The molecule has 5 N–H and O–H groups in total. The molecule has 0 amide bonds. The van der Waals surface area contributed by atoms with Crippen molar-refractivity contribution < 1.29 is 10.2 Å². The van der Waals surface area contributed by atoms with Crippen LogP contribution < -0.4 is 11.3 Å². The fraction of sp³-hybridized carbons (Fsp3) is 0.600. The summed E-state index contributed by atoms with van der Waals surface area (Å²) in [5.41, 5.74) is 2.33. The van der Waals surface area contributed by atoms with Gasteiger partial charge in [-0.05, 0) is 0 Å². The molecular weight excluding hydrogens is 166 g/mol. The first-order valence-corrected chi connectivity index (χ1v) is 4.12. The molecule has 1 unspecified atom stereocenters. The standard InChI is InChI=1S/C5H11N3O2S/c6-7-5-8(1-2-9)4(10)3-11-5/h3,5,7,9-10H,1-2,6H2. The van der Waals surface area contributed by atoms with E-state index in [1.54, 1.807) is 10.3 Å². The lowest BCUT2D eigenvalue weighted by Crippen LogP contribution is -2.44. The summed E-state index contributed by atoms with van der Waals surface area (Å²) in [7, 11) is 0. The van der Waals surface area contributed by atoms with Gasteiger partial charge in [0.2, 0.25) is 0 Å². The lowest BCUT2D eigenvalue weighted by atomic mass is 10.6. The molecule has 1 atom stereocenters. The Hall–Kier alpha value is -0.430. The number of β-amino-alcohol motifs (C(OH)–C–C–N with tert-alkyl or cyclic N) is 1. The van der Waals surface area contributed by atoms with E-state index in [0.717, 1.165) is 0 Å². The molecule has 0 spiro atoms. The average Bonchev–Trinajstić information content (AvgIpc) is 2.34. The second kappa shape index (κ2) is 3.82. The van der Waals surface area contributed by atoms with Crippen LogP contribution in [0.25, 0.3) is 0 Å². The summed E-state index contributed by atoms with van der Waals surface area (Å²) in [5.74, 6) is 5.32. The molecule has 0 bridgehead atoms. The number of nitrogens with zero attached hydrogens (tertiary/aromatic N) is 1. The van der Waals surface area contributed by atoms with E-state index >= 15 is 0 Å². The quantitative estimate of drug-likeness (QED) is 0.331. The van der Waals surface area contributed by atoms with Gasteiger partial charge in [0.25, 0.3) is 0 Å². The van der Waals surface area contributed by atoms with Gasteiger partial charge in [-0.1, -0.05) is 11.8 Å². The van der Waals surface area contributed by atoms with Crippen LogP contribution in [0.5, 0.6) is 0 Å². The highest BCUT2D eigenvalue weighted by atomic mass is 32.2. The van der Waals surface area contributed by atoms with Gasteiger partial charge in [0.1, 0.15) is 5.50 Å². The Morgan fingerprint density at radius 1 is 1.82 bits per heavy atom. The van der Waals surface area contributed by atoms with Crippen LogP contribution in [0.4, 0.5) is 0 Å². The van der Waals surface area contributed by atoms with Gasteiger partial charge >= 0.3 is 0 Å². The Kier molecular flexibility index (Phi) is 3.01. The summed E-state index contributed by atoms with van der Waals surface area (Å²) >= 11 is 1.37. The molecule has 6 heteroatoms. The van der Waals surface area contributed by atoms with Gasteiger partial charge in [0.05, 0.1) is 6.61 Å². The molecule has 0 aromatic carbocycles. The fourth-order valence-corrected chi connectivity index (χ4v) is 1.68. The zero-order valence-electron chi connectivity index (χ0n) is 5.90. The molecule has 0 aliphatic carbocycles. The first-order valence-electron chi connectivity index (χ1n) is 3.18. The predicted octanol–water partition coefficient (Wildman–Crippen LogP) is -0.869. The number of aliphatic hydroxyl groups excluding tert-OH is 2. The van der Waals surface area contributed by atoms with Crippen molar-refractivity contribution in [1.29, 1.82) is 0 Å². The molecule has 0 radical (unpaired) electrons. The Morgan fingerprint density at radius 3 is 3.09 bits per heavy atom. The van der Waals surface area contributed by atoms with Crippen LogP contribution in [-0.2, 0) is 0 Å². The average molecular weight is 177 g/mol. The predicted molar refractivity (Wildman–Crippen MR) is 43.2 cm³/mol. The van der Waals surface area contributed by atoms with Crippen molar-refractivity contribution in [2.75, 3.05) is 13.2 Å². The minimum absolute atomic E-state index is 0.00333. The van der Waals surface area contributed by atoms with Gasteiger partial charge < -0.3 is 15.1 Å². The summed E-state index contributed by atoms with van der Waals surface area (Å²) < 4.78 is 0. The van der Waals surface area contributed by atoms with E-state index in [2.05, 4.69) is 5.43 Å². The van der Waals surface area contributed by atoms with Crippen LogP contribution in [0.15, 0.2) is 11.3 Å². The second-order valence-electron chi connectivity index (χ2n) is 2.05. The number of hydrogen-bond acceptors (Lipinski definition) is 6. The normalized spacial score (nSPS) is 24.0. The van der Waals surface area contributed by atoms with Gasteiger partial charge in [0, 0.05) is 12.0 Å². The topological polar surface area (TPSA) is 81.8 Å². The molecule has 0 saturated carbocycles. The van der Waals surface area contributed by atoms with Crippen molar-refractivity contribution in [3.63, 3.8) is 0 Å². The van der Waals surface area contributed by atoms with Crippen LogP contribution in [0.1, 0.15) is 0 Å². The van der Waals surface area contributed by atoms with Crippen molar-refractivity contribution in [1.82, 2.24) is 10.3 Å². The van der Waals surface area contributed by atoms with E-state index in [9.17, 15) is 5.11 Å². The van der Waals surface area contributed by atoms with Gasteiger partial charge in [0.15, 0.2) is 5.88 Å². The van der Waals surface area contributed by atoms with Crippen molar-refractivity contribution in [3.05, 3.63) is 11.3 Å². The van der Waals surface area contributed by atoms with Crippen molar-refractivity contribution >= 4 is 11.8 Å². The molecule has 5 nitrogen and oxygen atoms in total. The van der Waals surface area contributed by atoms with Crippen LogP contribution in [0.3, 0.4) is 0 Å². The van der Waals surface area contributed by atoms with E-state index in [1.165, 1.54) is 11.8 Å². The van der Waals surface area contributed by atoms with Gasteiger partial charge in [-0.2, -0.15) is 0 Å². The molecule has 64 valence electrons. The molecule has 0 aromatic heterocycles. The van der Waals surface area contributed by atoms with E-state index in [0.29, 0.717) is 6.54 Å². The van der Waals surface area contributed by atoms with Crippen LogP contribution in [0.2, 0.25) is 0 Å². The van der Waals surface area contributed by atoms with E-state index in [1.807, 2.05) is 0 Å². The number of nitrogens with two attached hydrogens (primary N) is 1. The lowest BCUT2D eigenvalue weighted by Gasteiger charge is -2.24. The maximum atomic E-state index is 9.18. The van der Waals surface area contributed by atoms with Crippen molar-refractivity contribution in [2.24, 2.45) is 5.84 Å². The lowest BCUT2D eigenvalue weighted by molar-refractivity contribution is 0.147. The third kappa shape index (κ3) is 1.78. The van der Waals surface area contributed by atoms with E-state index in [-0.39, 0.29) is 18.0 Å². The first kappa shape index (κ1) is 8.66. The molecule has 0 aromatic rings. The molecule has 1 aliphatic heterocycles. The summed E-state index contributed by atoms with van der Waals surface area (Å²) in [6.45, 7) is 0.376. The summed E-state index contributed by atoms with van der Waals surface area (Å²) in [6.07, 6.45) is 0. The number of rotatable bonds is 3. The largest absolute Gasteiger partial charge is 0.494 e. The van der Waals surface area contributed by atoms with Gasteiger partial charge in [-0.15, -0.1) is 0 Å². The van der Waals surface area contributed by atoms with Crippen LogP contribution >= 0.6 is 11.8 Å². The summed E-state index contributed by atoms with van der Waals surface area (Å²) in [4.78, 5) is 1.57. The Morgan fingerprint density at radius 2 is 2.55 bits per heavy atom. The maximum absolute atomic E-state index is 9.18. The highest BCUT2D eigenvalue weighted by Gasteiger charge is 2.24. The summed E-state index contributed by atoms with van der Waals surface area (Å²) in [5, 5.41) is 19.4. The van der Waals surface area contributed by atoms with Crippen LogP contribution in [-0.4, -0.2) is 33.8 Å². The van der Waals surface area contributed by atoms with E-state index < -0.39 is 0 Å². The summed E-state index contributed by atoms with van der Waals surface area (Å²) in [6, 6.07) is 0. The number of nitrogens with one attached hydrogen (secondary N) is 1. The fourth-order valence-electron chi connectivity index (χ4n) is 0.855. The van der Waals surface area contributed by atoms with Crippen molar-refractivity contribution in [3.8, 4) is 0 Å². The Balaban J connectivity index is 2.49. The van der Waals surface area contributed by atoms with Gasteiger partial charge in [-0.25, -0.2) is 5.43 Å². The highest BCUT2D eigenvalue weighted by molar-refractivity contribution is 8.02. The monoisotopic (exact) mass is 177 g/mol. The second-order valence-corrected chi connectivity index (χ2v) is 3.00. The zero-order chi connectivity index (χ0) is 8.27. The highest BCUT2D eigenvalue weighted by Crippen LogP contribution is 2.25. The Labute approximate surface area is 68.8 Å². The number of aliphatic hydroxyl groups is 2. The van der Waals surface area contributed by atoms with Crippen LogP contribution in [0, 0.1) is 0 Å². The zero-order valence-corrected chi connectivity index (χ0v) is 6.71. The molecule has 0 saturated heterocycles.